The minimum absolute atomic E-state index is 0.567. The van der Waals surface area contributed by atoms with E-state index in [4.69, 9.17) is 0 Å². The van der Waals surface area contributed by atoms with E-state index >= 15 is 0 Å². The van der Waals surface area contributed by atoms with E-state index in [1.807, 2.05) is 17.5 Å². The number of thiazole rings is 1. The smallest absolute Gasteiger partial charge is 0.123 e. The van der Waals surface area contributed by atoms with Crippen LogP contribution in [0.3, 0.4) is 0 Å². The summed E-state index contributed by atoms with van der Waals surface area (Å²) in [4.78, 5) is 5.89. The molecule has 0 saturated heterocycles. The van der Waals surface area contributed by atoms with E-state index in [0.717, 1.165) is 18.0 Å². The van der Waals surface area contributed by atoms with Crippen LogP contribution in [-0.2, 0) is 6.42 Å². The summed E-state index contributed by atoms with van der Waals surface area (Å²) < 4.78 is 0. The molecule has 2 nitrogen and oxygen atoms in total. The largest absolute Gasteiger partial charge is 0.384 e. The molecule has 1 aromatic carbocycles. The molecule has 0 amide bonds. The van der Waals surface area contributed by atoms with Crippen LogP contribution in [0.5, 0.6) is 0 Å². The highest BCUT2D eigenvalue weighted by atomic mass is 32.1. The molecule has 0 saturated carbocycles. The Balaban J connectivity index is 1.97. The molecule has 0 bridgehead atoms. The van der Waals surface area contributed by atoms with Gasteiger partial charge < -0.3 is 5.32 Å². The first-order valence-electron chi connectivity index (χ1n) is 6.07. The van der Waals surface area contributed by atoms with Crippen molar-refractivity contribution in [1.82, 2.24) is 4.98 Å². The fourth-order valence-corrected chi connectivity index (χ4v) is 3.04. The number of nitrogens with zero attached hydrogens (tertiary/aromatic N) is 1. The van der Waals surface area contributed by atoms with Gasteiger partial charge in [0.2, 0.25) is 0 Å². The molecule has 17 heavy (non-hydrogen) atoms. The maximum absolute atomic E-state index is 4.53. The maximum Gasteiger partial charge on any atom is 0.123 e. The molecule has 1 N–H and O–H groups in total. The molecular weight excluding hydrogens is 228 g/mol. The average molecular weight is 244 g/mol. The zero-order valence-electron chi connectivity index (χ0n) is 10.2. The van der Waals surface area contributed by atoms with Gasteiger partial charge in [-0.2, -0.15) is 0 Å². The summed E-state index contributed by atoms with van der Waals surface area (Å²) >= 11 is 1.81. The monoisotopic (exact) mass is 244 g/mol. The standard InChI is InChI=1S/C14H16N2S/c1-9(2)13-8-16-14(17-13)11-3-4-12-10(7-11)5-6-15-12/h3-4,7-9,15H,5-6H2,1-2H3. The SMILES string of the molecule is CC(C)c1cnc(-c2ccc3c(c2)CCN3)s1. The Labute approximate surface area is 106 Å². The molecule has 2 heterocycles. The van der Waals surface area contributed by atoms with Crippen molar-refractivity contribution in [1.29, 1.82) is 0 Å². The van der Waals surface area contributed by atoms with Gasteiger partial charge in [0.1, 0.15) is 5.01 Å². The Hall–Kier alpha value is -1.35. The highest BCUT2D eigenvalue weighted by Gasteiger charge is 2.13. The van der Waals surface area contributed by atoms with Crippen LogP contribution < -0.4 is 5.32 Å². The first-order valence-corrected chi connectivity index (χ1v) is 6.88. The second-order valence-corrected chi connectivity index (χ2v) is 5.83. The minimum atomic E-state index is 0.567. The lowest BCUT2D eigenvalue weighted by Gasteiger charge is -2.02. The van der Waals surface area contributed by atoms with Crippen molar-refractivity contribution in [2.24, 2.45) is 0 Å². The molecule has 2 aromatic rings. The molecule has 1 aromatic heterocycles. The zero-order valence-corrected chi connectivity index (χ0v) is 11.0. The lowest BCUT2D eigenvalue weighted by molar-refractivity contribution is 0.885. The Morgan fingerprint density at radius 2 is 2.24 bits per heavy atom. The molecule has 0 unspecified atom stereocenters. The van der Waals surface area contributed by atoms with Crippen molar-refractivity contribution in [3.8, 4) is 10.6 Å². The van der Waals surface area contributed by atoms with Crippen molar-refractivity contribution < 1.29 is 0 Å². The number of nitrogens with one attached hydrogen (secondary N) is 1. The van der Waals surface area contributed by atoms with Crippen LogP contribution in [0.15, 0.2) is 24.4 Å². The van der Waals surface area contributed by atoms with Crippen LogP contribution in [-0.4, -0.2) is 11.5 Å². The van der Waals surface area contributed by atoms with Gasteiger partial charge in [-0.15, -0.1) is 11.3 Å². The normalized spacial score (nSPS) is 13.8. The summed E-state index contributed by atoms with van der Waals surface area (Å²) in [5.74, 6) is 0.567. The summed E-state index contributed by atoms with van der Waals surface area (Å²) in [6.45, 7) is 5.49. The third kappa shape index (κ3) is 1.95. The van der Waals surface area contributed by atoms with Gasteiger partial charge in [-0.3, -0.25) is 0 Å². The summed E-state index contributed by atoms with van der Waals surface area (Å²) in [7, 11) is 0. The van der Waals surface area contributed by atoms with Gasteiger partial charge in [-0.1, -0.05) is 13.8 Å². The number of aromatic nitrogens is 1. The summed E-state index contributed by atoms with van der Waals surface area (Å²) in [5.41, 5.74) is 3.96. The second-order valence-electron chi connectivity index (χ2n) is 4.77. The van der Waals surface area contributed by atoms with Crippen molar-refractivity contribution in [3.05, 3.63) is 34.8 Å². The molecule has 0 fully saturated rings. The number of anilines is 1. The van der Waals surface area contributed by atoms with Crippen molar-refractivity contribution in [2.75, 3.05) is 11.9 Å². The van der Waals surface area contributed by atoms with E-state index < -0.39 is 0 Å². The Morgan fingerprint density at radius 3 is 3.00 bits per heavy atom. The number of hydrogen-bond donors (Lipinski definition) is 1. The van der Waals surface area contributed by atoms with Crippen molar-refractivity contribution in [2.45, 2.75) is 26.2 Å². The predicted octanol–water partition coefficient (Wildman–Crippen LogP) is 3.90. The minimum Gasteiger partial charge on any atom is -0.384 e. The quantitative estimate of drug-likeness (QED) is 0.866. The first-order chi connectivity index (χ1) is 8.24. The molecule has 0 aliphatic carbocycles. The maximum atomic E-state index is 4.53. The highest BCUT2D eigenvalue weighted by Crippen LogP contribution is 2.32. The number of rotatable bonds is 2. The van der Waals surface area contributed by atoms with Crippen molar-refractivity contribution >= 4 is 17.0 Å². The van der Waals surface area contributed by atoms with Gasteiger partial charge in [-0.25, -0.2) is 4.98 Å². The molecule has 1 aliphatic heterocycles. The lowest BCUT2D eigenvalue weighted by Crippen LogP contribution is -1.90. The number of fused-ring (bicyclic) bond motifs is 1. The number of benzene rings is 1. The summed E-state index contributed by atoms with van der Waals surface area (Å²) in [6, 6.07) is 6.62. The third-order valence-corrected chi connectivity index (χ3v) is 4.50. The van der Waals surface area contributed by atoms with E-state index in [9.17, 15) is 0 Å². The van der Waals surface area contributed by atoms with E-state index in [1.54, 1.807) is 0 Å². The highest BCUT2D eigenvalue weighted by molar-refractivity contribution is 7.15. The van der Waals surface area contributed by atoms with Crippen LogP contribution in [0.4, 0.5) is 5.69 Å². The molecule has 3 heteroatoms. The molecule has 0 radical (unpaired) electrons. The van der Waals surface area contributed by atoms with Crippen LogP contribution in [0, 0.1) is 0 Å². The van der Waals surface area contributed by atoms with Crippen LogP contribution >= 0.6 is 11.3 Å². The lowest BCUT2D eigenvalue weighted by atomic mass is 10.1. The van der Waals surface area contributed by atoms with Crippen molar-refractivity contribution in [3.63, 3.8) is 0 Å². The fourth-order valence-electron chi connectivity index (χ4n) is 2.12. The van der Waals surface area contributed by atoms with Gasteiger partial charge >= 0.3 is 0 Å². The molecule has 0 spiro atoms. The molecule has 3 rings (SSSR count). The average Bonchev–Trinajstić information content (AvgIpc) is 2.97. The second kappa shape index (κ2) is 4.15. The molecule has 0 atom stereocenters. The van der Waals surface area contributed by atoms with Gasteiger partial charge in [0.05, 0.1) is 0 Å². The Bertz CT molecular complexity index is 543. The number of hydrogen-bond acceptors (Lipinski definition) is 3. The molecule has 88 valence electrons. The Morgan fingerprint density at radius 1 is 1.35 bits per heavy atom. The predicted molar refractivity (Wildman–Crippen MR) is 73.8 cm³/mol. The molecular formula is C14H16N2S. The van der Waals surface area contributed by atoms with Crippen LogP contribution in [0.1, 0.15) is 30.2 Å². The van der Waals surface area contributed by atoms with E-state index in [1.165, 1.54) is 21.7 Å². The third-order valence-electron chi connectivity index (χ3n) is 3.15. The van der Waals surface area contributed by atoms with E-state index in [0.29, 0.717) is 5.92 Å². The Kier molecular flexibility index (Phi) is 2.63. The zero-order chi connectivity index (χ0) is 11.8. The topological polar surface area (TPSA) is 24.9 Å². The van der Waals surface area contributed by atoms with Crippen LogP contribution in [0.25, 0.3) is 10.6 Å². The van der Waals surface area contributed by atoms with E-state index in [2.05, 4.69) is 42.3 Å². The first kappa shape index (κ1) is 10.8. The van der Waals surface area contributed by atoms with Gasteiger partial charge in [-0.05, 0) is 36.1 Å². The van der Waals surface area contributed by atoms with Gasteiger partial charge in [0.15, 0.2) is 0 Å². The summed E-state index contributed by atoms with van der Waals surface area (Å²) in [5, 5.41) is 4.53. The molecule has 1 aliphatic rings. The van der Waals surface area contributed by atoms with Gasteiger partial charge in [0, 0.05) is 28.9 Å². The van der Waals surface area contributed by atoms with E-state index in [-0.39, 0.29) is 0 Å². The summed E-state index contributed by atoms with van der Waals surface area (Å²) in [6.07, 6.45) is 3.14. The van der Waals surface area contributed by atoms with Crippen LogP contribution in [0.2, 0.25) is 0 Å². The fraction of sp³-hybridized carbons (Fsp3) is 0.357. The van der Waals surface area contributed by atoms with Gasteiger partial charge in [0.25, 0.3) is 0 Å².